The van der Waals surface area contributed by atoms with E-state index in [-0.39, 0.29) is 19.6 Å². The van der Waals surface area contributed by atoms with Crippen LogP contribution in [0, 0.1) is 0 Å². The van der Waals surface area contributed by atoms with Crippen LogP contribution in [0.15, 0.2) is 78.9 Å². The SMILES string of the molecule is CCOC(=O)C1(C(=O)OCC)Cc2ccccc2-c2c1cc1ccccc1c2Cc1ccc(OC)cc1. The normalized spacial score (nSPS) is 13.4. The topological polar surface area (TPSA) is 61.8 Å². The minimum absolute atomic E-state index is 0.170. The van der Waals surface area contributed by atoms with Crippen molar-refractivity contribution in [2.24, 2.45) is 0 Å². The Morgan fingerprint density at radius 3 is 2.16 bits per heavy atom. The quantitative estimate of drug-likeness (QED) is 0.232. The number of carbonyl (C=O) groups is 2. The molecule has 0 spiro atoms. The Hall–Kier alpha value is -4.12. The van der Waals surface area contributed by atoms with E-state index in [0.29, 0.717) is 12.0 Å². The van der Waals surface area contributed by atoms with E-state index in [4.69, 9.17) is 14.2 Å². The van der Waals surface area contributed by atoms with Crippen molar-refractivity contribution in [3.8, 4) is 16.9 Å². The minimum Gasteiger partial charge on any atom is -0.497 e. The molecule has 0 bridgehead atoms. The van der Waals surface area contributed by atoms with Crippen molar-refractivity contribution in [2.45, 2.75) is 32.1 Å². The highest BCUT2D eigenvalue weighted by Gasteiger charge is 2.54. The first-order valence-electron chi connectivity index (χ1n) is 12.6. The molecule has 5 heteroatoms. The van der Waals surface area contributed by atoms with Crippen molar-refractivity contribution in [1.82, 2.24) is 0 Å². The van der Waals surface area contributed by atoms with Crippen molar-refractivity contribution in [1.29, 1.82) is 0 Å². The molecule has 0 aromatic heterocycles. The number of esters is 2. The summed E-state index contributed by atoms with van der Waals surface area (Å²) in [4.78, 5) is 27.5. The third-order valence-corrected chi connectivity index (χ3v) is 7.15. The van der Waals surface area contributed by atoms with Crippen LogP contribution >= 0.6 is 0 Å². The van der Waals surface area contributed by atoms with Crippen LogP contribution in [0.25, 0.3) is 21.9 Å². The molecule has 0 atom stereocenters. The maximum absolute atomic E-state index is 13.7. The molecular formula is C32H30O5. The van der Waals surface area contributed by atoms with Crippen LogP contribution in [-0.2, 0) is 37.3 Å². The van der Waals surface area contributed by atoms with Crippen LogP contribution in [-0.4, -0.2) is 32.3 Å². The van der Waals surface area contributed by atoms with Gasteiger partial charge in [0.1, 0.15) is 5.75 Å². The molecule has 1 aliphatic rings. The molecule has 0 saturated carbocycles. The fourth-order valence-electron chi connectivity index (χ4n) is 5.45. The van der Waals surface area contributed by atoms with E-state index in [1.807, 2.05) is 66.7 Å². The number of hydrogen-bond acceptors (Lipinski definition) is 5. The average Bonchev–Trinajstić information content (AvgIpc) is 2.93. The molecule has 37 heavy (non-hydrogen) atoms. The van der Waals surface area contributed by atoms with Gasteiger partial charge in [0.2, 0.25) is 0 Å². The lowest BCUT2D eigenvalue weighted by Gasteiger charge is -2.37. The lowest BCUT2D eigenvalue weighted by atomic mass is 9.65. The summed E-state index contributed by atoms with van der Waals surface area (Å²) in [6.07, 6.45) is 0.803. The predicted octanol–water partition coefficient (Wildman–Crippen LogP) is 6.03. The minimum atomic E-state index is -1.59. The van der Waals surface area contributed by atoms with E-state index in [0.717, 1.165) is 44.3 Å². The third kappa shape index (κ3) is 4.14. The van der Waals surface area contributed by atoms with Gasteiger partial charge in [-0.05, 0) is 82.6 Å². The first-order chi connectivity index (χ1) is 18.0. The Kier molecular flexibility index (Phi) is 6.70. The summed E-state index contributed by atoms with van der Waals surface area (Å²) in [5.41, 5.74) is 4.05. The number of carbonyl (C=O) groups excluding carboxylic acids is 2. The molecule has 0 saturated heterocycles. The smallest absolute Gasteiger partial charge is 0.328 e. The summed E-state index contributed by atoms with van der Waals surface area (Å²) >= 11 is 0. The van der Waals surface area contributed by atoms with E-state index < -0.39 is 17.4 Å². The summed E-state index contributed by atoms with van der Waals surface area (Å²) < 4.78 is 16.5. The van der Waals surface area contributed by atoms with Crippen LogP contribution in [0.2, 0.25) is 0 Å². The van der Waals surface area contributed by atoms with Gasteiger partial charge in [-0.2, -0.15) is 0 Å². The van der Waals surface area contributed by atoms with Gasteiger partial charge in [0, 0.05) is 6.42 Å². The molecule has 1 aliphatic carbocycles. The Labute approximate surface area is 217 Å². The van der Waals surface area contributed by atoms with E-state index in [1.165, 1.54) is 0 Å². The molecule has 4 aromatic carbocycles. The highest BCUT2D eigenvalue weighted by molar-refractivity contribution is 6.11. The van der Waals surface area contributed by atoms with Crippen LogP contribution in [0.1, 0.15) is 36.1 Å². The summed E-state index contributed by atoms with van der Waals surface area (Å²) in [5.74, 6) is -0.359. The maximum atomic E-state index is 13.7. The zero-order valence-electron chi connectivity index (χ0n) is 21.4. The molecule has 0 aliphatic heterocycles. The number of fused-ring (bicyclic) bond motifs is 4. The van der Waals surface area contributed by atoms with Crippen molar-refractivity contribution < 1.29 is 23.8 Å². The molecule has 0 heterocycles. The standard InChI is InChI=1S/C32H30O5/c1-4-36-30(33)32(31(34)37-5-2)20-23-11-7-9-13-26(23)29-27(18-21-14-16-24(35-3)17-15-21)25-12-8-6-10-22(25)19-28(29)32/h6-17,19H,4-5,18,20H2,1-3H3. The van der Waals surface area contributed by atoms with Gasteiger partial charge in [-0.3, -0.25) is 9.59 Å². The Balaban J connectivity index is 1.86. The van der Waals surface area contributed by atoms with Crippen molar-refractivity contribution in [3.63, 3.8) is 0 Å². The van der Waals surface area contributed by atoms with Gasteiger partial charge in [-0.25, -0.2) is 0 Å². The largest absolute Gasteiger partial charge is 0.497 e. The van der Waals surface area contributed by atoms with Crippen LogP contribution < -0.4 is 4.74 Å². The second-order valence-electron chi connectivity index (χ2n) is 9.20. The van der Waals surface area contributed by atoms with Gasteiger partial charge in [0.15, 0.2) is 5.41 Å². The van der Waals surface area contributed by atoms with Gasteiger partial charge in [-0.1, -0.05) is 60.7 Å². The second kappa shape index (κ2) is 10.1. The lowest BCUT2D eigenvalue weighted by Crippen LogP contribution is -2.50. The van der Waals surface area contributed by atoms with Gasteiger partial charge < -0.3 is 14.2 Å². The molecule has 4 aromatic rings. The zero-order chi connectivity index (χ0) is 26.0. The second-order valence-corrected chi connectivity index (χ2v) is 9.20. The van der Waals surface area contributed by atoms with Crippen LogP contribution in [0.5, 0.6) is 5.75 Å². The number of rotatable bonds is 7. The molecule has 0 fully saturated rings. The summed E-state index contributed by atoms with van der Waals surface area (Å²) in [7, 11) is 1.65. The zero-order valence-corrected chi connectivity index (χ0v) is 21.4. The van der Waals surface area contributed by atoms with E-state index in [1.54, 1.807) is 21.0 Å². The van der Waals surface area contributed by atoms with Gasteiger partial charge in [-0.15, -0.1) is 0 Å². The van der Waals surface area contributed by atoms with Crippen molar-refractivity contribution in [3.05, 3.63) is 101 Å². The summed E-state index contributed by atoms with van der Waals surface area (Å²) in [6.45, 7) is 3.85. The molecule has 0 N–H and O–H groups in total. The molecule has 0 radical (unpaired) electrons. The van der Waals surface area contributed by atoms with Crippen molar-refractivity contribution >= 4 is 22.7 Å². The van der Waals surface area contributed by atoms with E-state index >= 15 is 0 Å². The first kappa shape index (κ1) is 24.6. The average molecular weight is 495 g/mol. The Morgan fingerprint density at radius 1 is 0.838 bits per heavy atom. The molecule has 5 nitrogen and oxygen atoms in total. The Morgan fingerprint density at radius 2 is 1.49 bits per heavy atom. The number of methoxy groups -OCH3 is 1. The van der Waals surface area contributed by atoms with E-state index in [2.05, 4.69) is 12.1 Å². The Bertz CT molecular complexity index is 1450. The fourth-order valence-corrected chi connectivity index (χ4v) is 5.45. The lowest BCUT2D eigenvalue weighted by molar-refractivity contribution is -0.165. The molecule has 188 valence electrons. The number of benzene rings is 4. The number of ether oxygens (including phenoxy) is 3. The monoisotopic (exact) mass is 494 g/mol. The summed E-state index contributed by atoms with van der Waals surface area (Å²) in [6, 6.07) is 26.1. The molecule has 0 amide bonds. The molecule has 5 rings (SSSR count). The first-order valence-corrected chi connectivity index (χ1v) is 12.6. The third-order valence-electron chi connectivity index (χ3n) is 7.15. The molecular weight excluding hydrogens is 464 g/mol. The van der Waals surface area contributed by atoms with Crippen molar-refractivity contribution in [2.75, 3.05) is 20.3 Å². The van der Waals surface area contributed by atoms with Crippen LogP contribution in [0.3, 0.4) is 0 Å². The highest BCUT2D eigenvalue weighted by Crippen LogP contribution is 2.49. The summed E-state index contributed by atoms with van der Waals surface area (Å²) in [5, 5.41) is 2.04. The van der Waals surface area contributed by atoms with Gasteiger partial charge >= 0.3 is 11.9 Å². The predicted molar refractivity (Wildman–Crippen MR) is 144 cm³/mol. The van der Waals surface area contributed by atoms with Gasteiger partial charge in [0.25, 0.3) is 0 Å². The highest BCUT2D eigenvalue weighted by atomic mass is 16.6. The van der Waals surface area contributed by atoms with E-state index in [9.17, 15) is 9.59 Å². The number of hydrogen-bond donors (Lipinski definition) is 0. The van der Waals surface area contributed by atoms with Gasteiger partial charge in [0.05, 0.1) is 20.3 Å². The fraction of sp³-hybridized carbons (Fsp3) is 0.250. The van der Waals surface area contributed by atoms with Crippen LogP contribution in [0.4, 0.5) is 0 Å². The maximum Gasteiger partial charge on any atom is 0.328 e. The molecule has 0 unspecified atom stereocenters.